The van der Waals surface area contributed by atoms with Crippen molar-refractivity contribution in [2.75, 3.05) is 13.2 Å². The Morgan fingerprint density at radius 2 is 0.494 bits per heavy atom. The van der Waals surface area contributed by atoms with Crippen LogP contribution in [0.2, 0.25) is 0 Å². The summed E-state index contributed by atoms with van der Waals surface area (Å²) in [5, 5.41) is 0. The highest BCUT2D eigenvalue weighted by Crippen LogP contribution is 2.15. The molecule has 1 atom stereocenters. The van der Waals surface area contributed by atoms with Gasteiger partial charge in [-0.15, -0.1) is 0 Å². The molecule has 0 aliphatic rings. The molecule has 0 fully saturated rings. The van der Waals surface area contributed by atoms with E-state index >= 15 is 0 Å². The van der Waals surface area contributed by atoms with Gasteiger partial charge in [0.2, 0.25) is 0 Å². The van der Waals surface area contributed by atoms with Crippen molar-refractivity contribution in [2.24, 2.45) is 0 Å². The fraction of sp³-hybridized carbons (Fsp3) is 0.685. The highest BCUT2D eigenvalue weighted by atomic mass is 16.6. The molecule has 0 aliphatic carbocycles. The van der Waals surface area contributed by atoms with Crippen molar-refractivity contribution in [3.63, 3.8) is 0 Å². The van der Waals surface area contributed by atoms with E-state index in [0.29, 0.717) is 19.3 Å². The number of carbonyl (C=O) groups excluding carboxylic acids is 3. The van der Waals surface area contributed by atoms with E-state index in [4.69, 9.17) is 14.2 Å². The van der Waals surface area contributed by atoms with Crippen LogP contribution in [0.5, 0.6) is 0 Å². The molecule has 79 heavy (non-hydrogen) atoms. The normalized spacial score (nSPS) is 12.9. The van der Waals surface area contributed by atoms with Crippen LogP contribution in [-0.2, 0) is 28.6 Å². The molecule has 0 saturated heterocycles. The molecule has 0 saturated carbocycles. The smallest absolute Gasteiger partial charge is 0.306 e. The molecule has 0 aromatic heterocycles. The quantitative estimate of drug-likeness (QED) is 0.0261. The minimum Gasteiger partial charge on any atom is -0.462 e. The zero-order chi connectivity index (χ0) is 57.1. The summed E-state index contributed by atoms with van der Waals surface area (Å²) in [4.78, 5) is 38.3. The second kappa shape index (κ2) is 66.3. The van der Waals surface area contributed by atoms with Crippen LogP contribution >= 0.6 is 0 Å². The predicted octanol–water partition coefficient (Wildman–Crippen LogP) is 22.8. The lowest BCUT2D eigenvalue weighted by atomic mass is 10.1. The van der Waals surface area contributed by atoms with Crippen molar-refractivity contribution in [3.05, 3.63) is 122 Å². The first kappa shape index (κ1) is 74.8. The SMILES string of the molecule is CC/C=C\C/C=C\C/C=C\C/C=C\C/C=C\C/C=C\C/C=C\CCCCCCCC(=O)OCC(COC(=O)CCCCCCCCCCCCC)OC(=O)CCCCCCCCCC/C=C\C/C=C\C/C=C\CCCCCCC. The molecule has 6 nitrogen and oxygen atoms in total. The maximum absolute atomic E-state index is 12.9. The summed E-state index contributed by atoms with van der Waals surface area (Å²) in [5.74, 6) is -0.910. The van der Waals surface area contributed by atoms with E-state index in [9.17, 15) is 14.4 Å². The third kappa shape index (κ3) is 64.5. The second-order valence-corrected chi connectivity index (χ2v) is 21.6. The molecule has 0 heterocycles. The van der Waals surface area contributed by atoms with Gasteiger partial charge in [0.05, 0.1) is 0 Å². The van der Waals surface area contributed by atoms with E-state index in [2.05, 4.69) is 142 Å². The van der Waals surface area contributed by atoms with Crippen LogP contribution in [-0.4, -0.2) is 37.2 Å². The maximum atomic E-state index is 12.9. The zero-order valence-electron chi connectivity index (χ0n) is 51.6. The zero-order valence-corrected chi connectivity index (χ0v) is 51.6. The molecule has 0 aliphatic heterocycles. The average molecular weight is 1100 g/mol. The number of ether oxygens (including phenoxy) is 3. The highest BCUT2D eigenvalue weighted by molar-refractivity contribution is 5.71. The largest absolute Gasteiger partial charge is 0.462 e. The lowest BCUT2D eigenvalue weighted by molar-refractivity contribution is -0.167. The Labute approximate surface area is 488 Å². The van der Waals surface area contributed by atoms with Crippen molar-refractivity contribution in [1.29, 1.82) is 0 Å². The first-order chi connectivity index (χ1) is 39.0. The number of hydrogen-bond acceptors (Lipinski definition) is 6. The summed E-state index contributed by atoms with van der Waals surface area (Å²) in [6, 6.07) is 0. The van der Waals surface area contributed by atoms with Gasteiger partial charge >= 0.3 is 17.9 Å². The summed E-state index contributed by atoms with van der Waals surface area (Å²) in [6.07, 6.45) is 92.0. The van der Waals surface area contributed by atoms with Gasteiger partial charge in [-0.2, -0.15) is 0 Å². The molecule has 0 bridgehead atoms. The van der Waals surface area contributed by atoms with Crippen LogP contribution in [0.3, 0.4) is 0 Å². The molecule has 6 heteroatoms. The number of hydrogen-bond donors (Lipinski definition) is 0. The molecule has 0 N–H and O–H groups in total. The van der Waals surface area contributed by atoms with Gasteiger partial charge in [0.1, 0.15) is 13.2 Å². The van der Waals surface area contributed by atoms with Crippen molar-refractivity contribution >= 4 is 17.9 Å². The van der Waals surface area contributed by atoms with E-state index in [1.807, 2.05) is 0 Å². The Bertz CT molecular complexity index is 1640. The van der Waals surface area contributed by atoms with Gasteiger partial charge in [0, 0.05) is 19.3 Å². The predicted molar refractivity (Wildman–Crippen MR) is 343 cm³/mol. The lowest BCUT2D eigenvalue weighted by Gasteiger charge is -2.18. The van der Waals surface area contributed by atoms with Crippen molar-refractivity contribution in [1.82, 2.24) is 0 Å². The van der Waals surface area contributed by atoms with Crippen LogP contribution in [0.4, 0.5) is 0 Å². The molecule has 0 amide bonds. The number of allylic oxidation sites excluding steroid dienone is 20. The van der Waals surface area contributed by atoms with Crippen LogP contribution in [0, 0.1) is 0 Å². The third-order valence-electron chi connectivity index (χ3n) is 14.0. The minimum absolute atomic E-state index is 0.0875. The number of rotatable bonds is 59. The van der Waals surface area contributed by atoms with E-state index in [1.54, 1.807) is 0 Å². The molecule has 1 unspecified atom stereocenters. The average Bonchev–Trinajstić information content (AvgIpc) is 3.45. The van der Waals surface area contributed by atoms with E-state index in [1.165, 1.54) is 122 Å². The first-order valence-corrected chi connectivity index (χ1v) is 33.0. The van der Waals surface area contributed by atoms with Crippen molar-refractivity contribution < 1.29 is 28.6 Å². The molecule has 0 aromatic carbocycles. The minimum atomic E-state index is -0.793. The number of carbonyl (C=O) groups is 3. The van der Waals surface area contributed by atoms with Crippen molar-refractivity contribution in [3.8, 4) is 0 Å². The lowest BCUT2D eigenvalue weighted by Crippen LogP contribution is -2.30. The van der Waals surface area contributed by atoms with E-state index in [-0.39, 0.29) is 31.1 Å². The summed E-state index contributed by atoms with van der Waals surface area (Å²) in [7, 11) is 0. The maximum Gasteiger partial charge on any atom is 0.306 e. The van der Waals surface area contributed by atoms with Gasteiger partial charge in [-0.25, -0.2) is 0 Å². The van der Waals surface area contributed by atoms with E-state index < -0.39 is 6.10 Å². The molecular formula is C73H122O6. The molecule has 0 aromatic rings. The Hall–Kier alpha value is -4.19. The van der Waals surface area contributed by atoms with Gasteiger partial charge in [-0.1, -0.05) is 290 Å². The van der Waals surface area contributed by atoms with Gasteiger partial charge in [0.15, 0.2) is 6.10 Å². The monoisotopic (exact) mass is 1090 g/mol. The van der Waals surface area contributed by atoms with Crippen LogP contribution in [0.25, 0.3) is 0 Å². The summed E-state index contributed by atoms with van der Waals surface area (Å²) >= 11 is 0. The topological polar surface area (TPSA) is 78.9 Å². The fourth-order valence-electron chi connectivity index (χ4n) is 9.02. The fourth-order valence-corrected chi connectivity index (χ4v) is 9.02. The summed E-state index contributed by atoms with van der Waals surface area (Å²) in [6.45, 7) is 6.50. The Morgan fingerprint density at radius 3 is 0.772 bits per heavy atom. The Morgan fingerprint density at radius 1 is 0.266 bits per heavy atom. The van der Waals surface area contributed by atoms with Gasteiger partial charge < -0.3 is 14.2 Å². The van der Waals surface area contributed by atoms with Crippen molar-refractivity contribution in [2.45, 2.75) is 309 Å². The molecule has 450 valence electrons. The summed E-state index contributed by atoms with van der Waals surface area (Å²) < 4.78 is 16.9. The van der Waals surface area contributed by atoms with Crippen LogP contribution in [0.1, 0.15) is 303 Å². The van der Waals surface area contributed by atoms with Gasteiger partial charge in [-0.05, 0) is 116 Å². The Kier molecular flexibility index (Phi) is 62.8. The molecule has 0 rings (SSSR count). The van der Waals surface area contributed by atoms with E-state index in [0.717, 1.165) is 141 Å². The first-order valence-electron chi connectivity index (χ1n) is 33.0. The van der Waals surface area contributed by atoms with Gasteiger partial charge in [-0.3, -0.25) is 14.4 Å². The number of unbranched alkanes of at least 4 members (excludes halogenated alkanes) is 28. The highest BCUT2D eigenvalue weighted by Gasteiger charge is 2.19. The molecule has 0 radical (unpaired) electrons. The number of esters is 3. The van der Waals surface area contributed by atoms with Gasteiger partial charge in [0.25, 0.3) is 0 Å². The second-order valence-electron chi connectivity index (χ2n) is 21.6. The third-order valence-corrected chi connectivity index (χ3v) is 14.0. The summed E-state index contributed by atoms with van der Waals surface area (Å²) in [5.41, 5.74) is 0. The molecule has 0 spiro atoms. The standard InChI is InChI=1S/C73H122O6/c1-4-7-10-13-16-19-22-24-26-28-30-32-34-35-36-37-39-40-42-44-46-48-51-54-57-60-63-66-72(75)78-69-70(68-77-71(74)65-62-59-56-53-50-21-18-15-12-9-6-3)79-73(76)67-64-61-58-55-52-49-47-45-43-41-38-33-31-29-27-25-23-20-17-14-11-8-5-2/h7,10,16,19,23-26,29-32,35-36,38-41,44,46,70H,4-6,8-9,11-15,17-18,20-22,27-28,33-34,37,42-43,45,47-69H2,1-3H3/b10-7-,19-16-,25-23-,26-24-,31-29-,32-30-,36-35-,40-39-,41-38-,46-44-. The molecular weight excluding hydrogens is 973 g/mol. The van der Waals surface area contributed by atoms with Crippen LogP contribution in [0.15, 0.2) is 122 Å². The van der Waals surface area contributed by atoms with Crippen LogP contribution < -0.4 is 0 Å². The Balaban J connectivity index is 4.36.